The molecular formula is C16H18ClN. The summed E-state index contributed by atoms with van der Waals surface area (Å²) >= 11 is 5.95. The summed E-state index contributed by atoms with van der Waals surface area (Å²) in [5, 5.41) is 4.22. The van der Waals surface area contributed by atoms with Gasteiger partial charge >= 0.3 is 0 Å². The van der Waals surface area contributed by atoms with Crippen LogP contribution in [0.1, 0.15) is 25.3 Å². The first-order chi connectivity index (χ1) is 8.76. The third-order valence-electron chi connectivity index (χ3n) is 3.20. The summed E-state index contributed by atoms with van der Waals surface area (Å²) in [7, 11) is 0. The molecule has 1 N–H and O–H groups in total. The lowest BCUT2D eigenvalue weighted by molar-refractivity contribution is 0.607. The molecular weight excluding hydrogens is 242 g/mol. The van der Waals surface area contributed by atoms with Gasteiger partial charge in [-0.2, -0.15) is 0 Å². The molecule has 0 aromatic heterocycles. The summed E-state index contributed by atoms with van der Waals surface area (Å²) in [6, 6.07) is 10.9. The van der Waals surface area contributed by atoms with Crippen molar-refractivity contribution in [3.05, 3.63) is 65.4 Å². The molecule has 2 rings (SSSR count). The van der Waals surface area contributed by atoms with Crippen molar-refractivity contribution < 1.29 is 0 Å². The maximum atomic E-state index is 5.95. The van der Waals surface area contributed by atoms with Gasteiger partial charge in [0.1, 0.15) is 0 Å². The number of hydrogen-bond acceptors (Lipinski definition) is 1. The van der Waals surface area contributed by atoms with Gasteiger partial charge in [-0.05, 0) is 18.4 Å². The van der Waals surface area contributed by atoms with E-state index in [1.807, 2.05) is 12.1 Å². The van der Waals surface area contributed by atoms with E-state index in [4.69, 9.17) is 11.6 Å². The van der Waals surface area contributed by atoms with E-state index in [0.717, 1.165) is 12.8 Å². The quantitative estimate of drug-likeness (QED) is 0.769. The maximum absolute atomic E-state index is 5.95. The van der Waals surface area contributed by atoms with E-state index in [9.17, 15) is 0 Å². The Balaban J connectivity index is 2.17. The van der Waals surface area contributed by atoms with Crippen molar-refractivity contribution in [2.75, 3.05) is 0 Å². The van der Waals surface area contributed by atoms with Gasteiger partial charge < -0.3 is 5.32 Å². The van der Waals surface area contributed by atoms with E-state index in [1.54, 1.807) is 6.08 Å². The smallest absolute Gasteiger partial charge is 0.0568 e. The molecule has 0 saturated heterocycles. The molecule has 0 unspecified atom stereocenters. The van der Waals surface area contributed by atoms with Gasteiger partial charge in [0.05, 0.1) is 6.04 Å². The van der Waals surface area contributed by atoms with Gasteiger partial charge in [-0.3, -0.25) is 0 Å². The second-order valence-electron chi connectivity index (χ2n) is 4.34. The normalized spacial score (nSPS) is 19.2. The summed E-state index contributed by atoms with van der Waals surface area (Å²) in [4.78, 5) is 0. The predicted molar refractivity (Wildman–Crippen MR) is 79.3 cm³/mol. The van der Waals surface area contributed by atoms with Crippen LogP contribution in [-0.2, 0) is 0 Å². The molecule has 1 aliphatic rings. The van der Waals surface area contributed by atoms with Crippen LogP contribution in [0.4, 0.5) is 0 Å². The fraction of sp³-hybridized carbons (Fsp3) is 0.250. The Morgan fingerprint density at radius 1 is 1.39 bits per heavy atom. The molecule has 0 saturated carbocycles. The van der Waals surface area contributed by atoms with Crippen LogP contribution in [0.5, 0.6) is 0 Å². The number of nitrogens with one attached hydrogen (secondary N) is 1. The zero-order valence-electron chi connectivity index (χ0n) is 10.6. The Bertz CT molecular complexity index is 485. The third kappa shape index (κ3) is 2.68. The molecule has 1 aromatic rings. The Labute approximate surface area is 114 Å². The first-order valence-corrected chi connectivity index (χ1v) is 6.67. The lowest BCUT2D eigenvalue weighted by Crippen LogP contribution is -2.40. The number of hydrogen-bond donors (Lipinski definition) is 1. The highest BCUT2D eigenvalue weighted by Gasteiger charge is 2.27. The van der Waals surface area contributed by atoms with Crippen molar-refractivity contribution in [2.24, 2.45) is 0 Å². The topological polar surface area (TPSA) is 12.0 Å². The second-order valence-corrected chi connectivity index (χ2v) is 4.77. The summed E-state index contributed by atoms with van der Waals surface area (Å²) in [5.41, 5.74) is 4.07. The molecule has 0 spiro atoms. The van der Waals surface area contributed by atoms with Crippen molar-refractivity contribution in [3.8, 4) is 0 Å². The monoisotopic (exact) mass is 259 g/mol. The van der Waals surface area contributed by atoms with Crippen molar-refractivity contribution in [1.82, 2.24) is 5.32 Å². The van der Waals surface area contributed by atoms with E-state index in [0.29, 0.717) is 11.1 Å². The molecule has 1 aromatic carbocycles. The lowest BCUT2D eigenvalue weighted by Gasteiger charge is -2.35. The predicted octanol–water partition coefficient (Wildman–Crippen LogP) is 4.48. The largest absolute Gasteiger partial charge is 0.381 e. The molecule has 1 heterocycles. The van der Waals surface area contributed by atoms with Gasteiger partial charge in [-0.15, -0.1) is 0 Å². The second kappa shape index (κ2) is 5.92. The first-order valence-electron chi connectivity index (χ1n) is 6.29. The van der Waals surface area contributed by atoms with Crippen LogP contribution in [0.2, 0.25) is 0 Å². The SMILES string of the molecule is C=C/C(Cl)=C\C[C@H]1NC(CC)=C1c1ccccc1. The molecule has 2 heteroatoms. The lowest BCUT2D eigenvalue weighted by atomic mass is 9.87. The van der Waals surface area contributed by atoms with Crippen molar-refractivity contribution in [3.63, 3.8) is 0 Å². The Morgan fingerprint density at radius 3 is 2.72 bits per heavy atom. The van der Waals surface area contributed by atoms with Gasteiger partial charge in [-0.1, -0.05) is 67.6 Å². The summed E-state index contributed by atoms with van der Waals surface area (Å²) in [6.07, 6.45) is 5.63. The van der Waals surface area contributed by atoms with Crippen molar-refractivity contribution in [2.45, 2.75) is 25.8 Å². The highest BCUT2D eigenvalue weighted by atomic mass is 35.5. The van der Waals surface area contributed by atoms with E-state index >= 15 is 0 Å². The van der Waals surface area contributed by atoms with Gasteiger partial charge in [0.25, 0.3) is 0 Å². The highest BCUT2D eigenvalue weighted by Crippen LogP contribution is 2.33. The summed E-state index contributed by atoms with van der Waals surface area (Å²) < 4.78 is 0. The van der Waals surface area contributed by atoms with E-state index in [1.165, 1.54) is 16.8 Å². The average molecular weight is 260 g/mol. The van der Waals surface area contributed by atoms with E-state index in [-0.39, 0.29) is 0 Å². The molecule has 0 radical (unpaired) electrons. The van der Waals surface area contributed by atoms with Crippen molar-refractivity contribution in [1.29, 1.82) is 0 Å². The first kappa shape index (κ1) is 13.0. The van der Waals surface area contributed by atoms with E-state index in [2.05, 4.69) is 43.1 Å². The Kier molecular flexibility index (Phi) is 4.27. The van der Waals surface area contributed by atoms with Crippen molar-refractivity contribution >= 4 is 17.2 Å². The molecule has 1 atom stereocenters. The minimum Gasteiger partial charge on any atom is -0.381 e. The highest BCUT2D eigenvalue weighted by molar-refractivity contribution is 6.31. The molecule has 1 nitrogen and oxygen atoms in total. The van der Waals surface area contributed by atoms with Gasteiger partial charge in [0.2, 0.25) is 0 Å². The van der Waals surface area contributed by atoms with Crippen LogP contribution in [0.25, 0.3) is 5.57 Å². The van der Waals surface area contributed by atoms with Crippen LogP contribution in [-0.4, -0.2) is 6.04 Å². The van der Waals surface area contributed by atoms with Crippen LogP contribution >= 0.6 is 11.6 Å². The molecule has 94 valence electrons. The maximum Gasteiger partial charge on any atom is 0.0568 e. The van der Waals surface area contributed by atoms with Gasteiger partial charge in [-0.25, -0.2) is 0 Å². The van der Waals surface area contributed by atoms with Crippen LogP contribution in [0.15, 0.2) is 59.8 Å². The zero-order valence-corrected chi connectivity index (χ0v) is 11.4. The number of benzene rings is 1. The van der Waals surface area contributed by atoms with Gasteiger partial charge in [0.15, 0.2) is 0 Å². The number of allylic oxidation sites excluding steroid dienone is 3. The minimum absolute atomic E-state index is 0.371. The average Bonchev–Trinajstić information content (AvgIpc) is 2.38. The molecule has 0 amide bonds. The Morgan fingerprint density at radius 2 is 2.11 bits per heavy atom. The van der Waals surface area contributed by atoms with Crippen LogP contribution < -0.4 is 5.32 Å². The molecule has 1 aliphatic heterocycles. The zero-order chi connectivity index (χ0) is 13.0. The standard InChI is InChI=1S/C16H18ClN/c1-3-13(17)10-11-15-16(14(4-2)18-15)12-8-6-5-7-9-12/h3,5-10,15,18H,1,4,11H2,2H3/b13-10+/t15-/m1/s1. The molecule has 18 heavy (non-hydrogen) atoms. The molecule has 0 bridgehead atoms. The van der Waals surface area contributed by atoms with Crippen LogP contribution in [0, 0.1) is 0 Å². The molecule has 0 aliphatic carbocycles. The fourth-order valence-electron chi connectivity index (χ4n) is 2.27. The van der Waals surface area contributed by atoms with Gasteiger partial charge in [0, 0.05) is 16.3 Å². The Hall–Kier alpha value is -1.47. The fourth-order valence-corrected chi connectivity index (χ4v) is 2.36. The number of halogens is 1. The minimum atomic E-state index is 0.371. The summed E-state index contributed by atoms with van der Waals surface area (Å²) in [6.45, 7) is 5.83. The third-order valence-corrected chi connectivity index (χ3v) is 3.51. The van der Waals surface area contributed by atoms with E-state index < -0.39 is 0 Å². The molecule has 0 fully saturated rings. The van der Waals surface area contributed by atoms with Crippen LogP contribution in [0.3, 0.4) is 0 Å². The number of rotatable bonds is 5. The summed E-state index contributed by atoms with van der Waals surface area (Å²) in [5.74, 6) is 0.